The van der Waals surface area contributed by atoms with Gasteiger partial charge in [-0.05, 0) is 24.3 Å². The quantitative estimate of drug-likeness (QED) is 0.599. The molecule has 0 atom stereocenters. The Balaban J connectivity index is 2.26. The van der Waals surface area contributed by atoms with Crippen LogP contribution in [0.4, 0.5) is 0 Å². The van der Waals surface area contributed by atoms with Crippen LogP contribution in [0.25, 0.3) is 0 Å². The number of rotatable bonds is 7. The molecule has 1 rings (SSSR count). The molecule has 1 N–H and O–H groups in total. The number of aromatic hydroxyl groups is 1. The Hall–Kier alpha value is -1.29. The zero-order valence-corrected chi connectivity index (χ0v) is 10.6. The lowest BCUT2D eigenvalue weighted by atomic mass is 10.1. The Morgan fingerprint density at radius 1 is 1.18 bits per heavy atom. The van der Waals surface area contributed by atoms with Crippen LogP contribution in [0.5, 0.6) is 5.75 Å². The largest absolute Gasteiger partial charge is 0.508 e. The Morgan fingerprint density at radius 2 is 1.82 bits per heavy atom. The topological polar surface area (TPSA) is 54.4 Å². The van der Waals surface area contributed by atoms with E-state index >= 15 is 0 Å². The van der Waals surface area contributed by atoms with E-state index in [0.29, 0.717) is 18.6 Å². The first-order valence-electron chi connectivity index (χ1n) is 5.57. The minimum Gasteiger partial charge on any atom is -0.508 e. The van der Waals surface area contributed by atoms with Gasteiger partial charge in [-0.2, -0.15) is 0 Å². The van der Waals surface area contributed by atoms with Crippen LogP contribution in [0.3, 0.4) is 0 Å². The van der Waals surface area contributed by atoms with E-state index in [1.165, 1.54) is 0 Å². The monoisotopic (exact) mass is 252 g/mol. The Kier molecular flexibility index (Phi) is 5.77. The standard InChI is InChI=1S/C13H16O3S/c1-2-10(14)9-12(16)7-8-17-13-5-3-11(15)4-6-13/h3-6,15H,2,7-9H2,1H3. The summed E-state index contributed by atoms with van der Waals surface area (Å²) in [6.07, 6.45) is 0.904. The van der Waals surface area contributed by atoms with E-state index in [9.17, 15) is 9.59 Å². The third kappa shape index (κ3) is 5.54. The lowest BCUT2D eigenvalue weighted by Gasteiger charge is -2.01. The molecule has 1 aromatic carbocycles. The first-order valence-corrected chi connectivity index (χ1v) is 6.55. The third-order valence-electron chi connectivity index (χ3n) is 2.28. The van der Waals surface area contributed by atoms with Crippen molar-refractivity contribution in [2.24, 2.45) is 0 Å². The Morgan fingerprint density at radius 3 is 2.41 bits per heavy atom. The highest BCUT2D eigenvalue weighted by molar-refractivity contribution is 7.99. The van der Waals surface area contributed by atoms with Gasteiger partial charge in [0.05, 0.1) is 6.42 Å². The number of benzene rings is 1. The number of hydrogen-bond acceptors (Lipinski definition) is 4. The van der Waals surface area contributed by atoms with Crippen LogP contribution in [-0.4, -0.2) is 22.4 Å². The molecule has 0 spiro atoms. The van der Waals surface area contributed by atoms with Crippen molar-refractivity contribution in [3.8, 4) is 5.75 Å². The molecule has 0 bridgehead atoms. The molecule has 0 radical (unpaired) electrons. The van der Waals surface area contributed by atoms with Crippen molar-refractivity contribution in [1.82, 2.24) is 0 Å². The zero-order chi connectivity index (χ0) is 12.7. The van der Waals surface area contributed by atoms with Gasteiger partial charge in [0, 0.05) is 23.5 Å². The van der Waals surface area contributed by atoms with Crippen molar-refractivity contribution in [3.05, 3.63) is 24.3 Å². The summed E-state index contributed by atoms with van der Waals surface area (Å²) in [6, 6.07) is 6.85. The average molecular weight is 252 g/mol. The minimum absolute atomic E-state index is 0.00290. The number of ketones is 2. The molecule has 3 nitrogen and oxygen atoms in total. The molecular weight excluding hydrogens is 236 g/mol. The summed E-state index contributed by atoms with van der Waals surface area (Å²) < 4.78 is 0. The van der Waals surface area contributed by atoms with E-state index in [-0.39, 0.29) is 23.7 Å². The summed E-state index contributed by atoms with van der Waals surface area (Å²) in [5, 5.41) is 9.10. The highest BCUT2D eigenvalue weighted by Crippen LogP contribution is 2.21. The average Bonchev–Trinajstić information content (AvgIpc) is 2.31. The molecule has 0 saturated heterocycles. The van der Waals surface area contributed by atoms with Crippen LogP contribution in [0.15, 0.2) is 29.2 Å². The normalized spacial score (nSPS) is 10.2. The maximum absolute atomic E-state index is 11.4. The van der Waals surface area contributed by atoms with Gasteiger partial charge in [0.1, 0.15) is 17.3 Å². The lowest BCUT2D eigenvalue weighted by Crippen LogP contribution is -2.07. The number of carbonyl (C=O) groups is 2. The van der Waals surface area contributed by atoms with E-state index in [2.05, 4.69) is 0 Å². The molecule has 17 heavy (non-hydrogen) atoms. The molecule has 1 aromatic rings. The fourth-order valence-corrected chi connectivity index (χ4v) is 2.15. The van der Waals surface area contributed by atoms with Gasteiger partial charge in [-0.3, -0.25) is 9.59 Å². The van der Waals surface area contributed by atoms with Crippen molar-refractivity contribution >= 4 is 23.3 Å². The predicted octanol–water partition coefficient (Wildman–Crippen LogP) is 2.81. The SMILES string of the molecule is CCC(=O)CC(=O)CCSc1ccc(O)cc1. The van der Waals surface area contributed by atoms with Crippen molar-refractivity contribution in [2.75, 3.05) is 5.75 Å². The summed E-state index contributed by atoms with van der Waals surface area (Å²) >= 11 is 1.55. The van der Waals surface area contributed by atoms with Gasteiger partial charge in [-0.25, -0.2) is 0 Å². The van der Waals surface area contributed by atoms with E-state index < -0.39 is 0 Å². The highest BCUT2D eigenvalue weighted by atomic mass is 32.2. The second-order valence-electron chi connectivity index (χ2n) is 3.70. The predicted molar refractivity (Wildman–Crippen MR) is 68.4 cm³/mol. The molecule has 0 aromatic heterocycles. The molecule has 0 unspecified atom stereocenters. The van der Waals surface area contributed by atoms with Crippen LogP contribution in [0.2, 0.25) is 0 Å². The number of phenols is 1. The second-order valence-corrected chi connectivity index (χ2v) is 4.87. The summed E-state index contributed by atoms with van der Waals surface area (Å²) in [6.45, 7) is 1.76. The Bertz CT molecular complexity index is 384. The fraction of sp³-hybridized carbons (Fsp3) is 0.385. The van der Waals surface area contributed by atoms with E-state index in [1.807, 2.05) is 12.1 Å². The van der Waals surface area contributed by atoms with E-state index in [0.717, 1.165) is 4.90 Å². The molecule has 4 heteroatoms. The minimum atomic E-state index is 0.00290. The number of Topliss-reactive ketones (excluding diaryl/α,β-unsaturated/α-hetero) is 2. The number of phenolic OH excluding ortho intramolecular Hbond substituents is 1. The smallest absolute Gasteiger partial charge is 0.141 e. The molecule has 0 aliphatic heterocycles. The van der Waals surface area contributed by atoms with Gasteiger partial charge in [-0.15, -0.1) is 11.8 Å². The van der Waals surface area contributed by atoms with Gasteiger partial charge >= 0.3 is 0 Å². The van der Waals surface area contributed by atoms with Gasteiger partial charge in [0.15, 0.2) is 0 Å². The molecule has 0 aliphatic carbocycles. The van der Waals surface area contributed by atoms with Crippen molar-refractivity contribution in [2.45, 2.75) is 31.1 Å². The van der Waals surface area contributed by atoms with Gasteiger partial charge in [0.25, 0.3) is 0 Å². The molecule has 0 heterocycles. The van der Waals surface area contributed by atoms with Gasteiger partial charge in [-0.1, -0.05) is 6.92 Å². The van der Waals surface area contributed by atoms with Crippen molar-refractivity contribution in [1.29, 1.82) is 0 Å². The number of thioether (sulfide) groups is 1. The molecular formula is C13H16O3S. The second kappa shape index (κ2) is 7.12. The van der Waals surface area contributed by atoms with E-state index in [1.54, 1.807) is 30.8 Å². The summed E-state index contributed by atoms with van der Waals surface area (Å²) in [5.74, 6) is 0.910. The zero-order valence-electron chi connectivity index (χ0n) is 9.81. The molecule has 0 saturated carbocycles. The van der Waals surface area contributed by atoms with Crippen LogP contribution in [-0.2, 0) is 9.59 Å². The van der Waals surface area contributed by atoms with Crippen LogP contribution < -0.4 is 0 Å². The highest BCUT2D eigenvalue weighted by Gasteiger charge is 2.07. The number of hydrogen-bond donors (Lipinski definition) is 1. The maximum Gasteiger partial charge on any atom is 0.141 e. The maximum atomic E-state index is 11.4. The third-order valence-corrected chi connectivity index (χ3v) is 3.29. The first kappa shape index (κ1) is 13.8. The summed E-state index contributed by atoms with van der Waals surface area (Å²) in [5.41, 5.74) is 0. The van der Waals surface area contributed by atoms with Crippen LogP contribution in [0, 0.1) is 0 Å². The van der Waals surface area contributed by atoms with Gasteiger partial charge < -0.3 is 5.11 Å². The van der Waals surface area contributed by atoms with Crippen molar-refractivity contribution in [3.63, 3.8) is 0 Å². The summed E-state index contributed by atoms with van der Waals surface area (Å²) in [4.78, 5) is 23.4. The van der Waals surface area contributed by atoms with Crippen LogP contribution >= 0.6 is 11.8 Å². The Labute approximate surface area is 105 Å². The molecule has 92 valence electrons. The van der Waals surface area contributed by atoms with Crippen LogP contribution in [0.1, 0.15) is 26.2 Å². The lowest BCUT2D eigenvalue weighted by molar-refractivity contribution is -0.126. The fourth-order valence-electron chi connectivity index (χ4n) is 1.26. The van der Waals surface area contributed by atoms with E-state index in [4.69, 9.17) is 5.11 Å². The van der Waals surface area contributed by atoms with Gasteiger partial charge in [0.2, 0.25) is 0 Å². The molecule has 0 amide bonds. The number of carbonyl (C=O) groups excluding carboxylic acids is 2. The molecule has 0 fully saturated rings. The van der Waals surface area contributed by atoms with Crippen molar-refractivity contribution < 1.29 is 14.7 Å². The molecule has 0 aliphatic rings. The first-order chi connectivity index (χ1) is 8.11. The summed E-state index contributed by atoms with van der Waals surface area (Å²) in [7, 11) is 0.